The van der Waals surface area contributed by atoms with E-state index in [4.69, 9.17) is 0 Å². The van der Waals surface area contributed by atoms with Crippen molar-refractivity contribution >= 4 is 44.8 Å². The number of fused-ring (bicyclic) bond motifs is 4. The fourth-order valence-electron chi connectivity index (χ4n) is 9.32. The summed E-state index contributed by atoms with van der Waals surface area (Å²) in [6.07, 6.45) is 7.49. The summed E-state index contributed by atoms with van der Waals surface area (Å²) in [5.41, 5.74) is 15.0. The molecule has 0 aliphatic heterocycles. The minimum absolute atomic E-state index is 0.566. The van der Waals surface area contributed by atoms with E-state index in [2.05, 4.69) is 184 Å². The zero-order chi connectivity index (χ0) is 34.5. The molecule has 247 valence electrons. The molecule has 51 heavy (non-hydrogen) atoms. The molecule has 3 unspecified atom stereocenters. The van der Waals surface area contributed by atoms with Crippen LogP contribution in [-0.2, 0) is 20.9 Å². The van der Waals surface area contributed by atoms with Crippen LogP contribution in [0.5, 0.6) is 0 Å². The minimum atomic E-state index is -2.48. The molecule has 0 bridgehead atoms. The van der Waals surface area contributed by atoms with Crippen molar-refractivity contribution in [2.45, 2.75) is 40.5 Å². The van der Waals surface area contributed by atoms with Crippen molar-refractivity contribution in [3.63, 3.8) is 0 Å². The second-order valence-electron chi connectivity index (χ2n) is 14.3. The average molecular weight is 751 g/mol. The van der Waals surface area contributed by atoms with Crippen LogP contribution in [0.4, 0.5) is 0 Å². The van der Waals surface area contributed by atoms with E-state index in [0.29, 0.717) is 7.25 Å². The number of benzene rings is 7. The van der Waals surface area contributed by atoms with Gasteiger partial charge in [-0.25, -0.2) is 0 Å². The first kappa shape index (κ1) is 32.5. The molecule has 0 aromatic heterocycles. The molecule has 7 aromatic rings. The normalized spacial score (nSPS) is 16.8. The summed E-state index contributed by atoms with van der Waals surface area (Å²) >= 11 is -2.48. The molecule has 2 aliphatic rings. The summed E-state index contributed by atoms with van der Waals surface area (Å²) in [5, 5.41) is 6.96. The number of allylic oxidation sites excluding steroid dienone is 2. The molecule has 0 radical (unpaired) electrons. The topological polar surface area (TPSA) is 0 Å². The fourth-order valence-corrected chi connectivity index (χ4v) is 35.1. The first-order valence-corrected chi connectivity index (χ1v) is 28.1. The van der Waals surface area contributed by atoms with Crippen molar-refractivity contribution in [2.75, 3.05) is 0 Å². The Hall–Kier alpha value is -4.36. The summed E-state index contributed by atoms with van der Waals surface area (Å²) in [6, 6.07) is 57.7. The van der Waals surface area contributed by atoms with Gasteiger partial charge >= 0.3 is 314 Å². The number of rotatable bonds is 8. The second kappa shape index (κ2) is 13.6. The zero-order valence-electron chi connectivity index (χ0n) is 29.7. The van der Waals surface area contributed by atoms with Gasteiger partial charge in [0.25, 0.3) is 0 Å². The first-order chi connectivity index (χ1) is 25.2. The Kier molecular flexibility index (Phi) is 8.71. The third-order valence-electron chi connectivity index (χ3n) is 11.7. The predicted octanol–water partition coefficient (Wildman–Crippen LogP) is 12.6. The number of hydrogen-bond donors (Lipinski definition) is 0. The van der Waals surface area contributed by atoms with Crippen molar-refractivity contribution in [1.82, 2.24) is 0 Å². The Balaban J connectivity index is 1.25. The predicted molar refractivity (Wildman–Crippen MR) is 220 cm³/mol. The molecule has 0 amide bonds. The summed E-state index contributed by atoms with van der Waals surface area (Å²) in [7, 11) is 0. The zero-order valence-corrected chi connectivity index (χ0v) is 33.3. The maximum atomic E-state index is 2.73. The van der Waals surface area contributed by atoms with Gasteiger partial charge in [0.1, 0.15) is 0 Å². The summed E-state index contributed by atoms with van der Waals surface area (Å²) in [4.78, 5) is 0. The van der Waals surface area contributed by atoms with E-state index < -0.39 is 26.8 Å². The fraction of sp³-hybridized carbons (Fsp3) is 0.143. The van der Waals surface area contributed by atoms with Crippen molar-refractivity contribution in [1.29, 1.82) is 0 Å². The van der Waals surface area contributed by atoms with Crippen LogP contribution in [0.2, 0.25) is 6.55 Å². The molecule has 0 saturated carbocycles. The van der Waals surface area contributed by atoms with Crippen molar-refractivity contribution in [3.8, 4) is 22.3 Å². The van der Waals surface area contributed by atoms with Gasteiger partial charge in [-0.15, -0.1) is 0 Å². The Morgan fingerprint density at radius 2 is 0.863 bits per heavy atom. The monoisotopic (exact) mass is 749 g/mol. The van der Waals surface area contributed by atoms with Gasteiger partial charge in [0.2, 0.25) is 0 Å². The summed E-state index contributed by atoms with van der Waals surface area (Å²) < 4.78 is 1.13. The molecule has 7 aromatic carbocycles. The molecular weight excluding hydrogens is 708 g/mol. The maximum absolute atomic E-state index is 2.73. The van der Waals surface area contributed by atoms with E-state index >= 15 is 0 Å². The molecule has 2 heteroatoms. The average Bonchev–Trinajstić information content (AvgIpc) is 3.76. The molecular formula is C49H43SiZr. The third kappa shape index (κ3) is 5.51. The van der Waals surface area contributed by atoms with Crippen LogP contribution in [0, 0.1) is 0 Å². The van der Waals surface area contributed by atoms with E-state index in [1.807, 2.05) is 0 Å². The first-order valence-electron chi connectivity index (χ1n) is 18.7. The van der Waals surface area contributed by atoms with Crippen molar-refractivity contribution in [2.24, 2.45) is 0 Å². The van der Waals surface area contributed by atoms with Crippen molar-refractivity contribution in [3.05, 3.63) is 185 Å². The third-order valence-corrected chi connectivity index (χ3v) is 34.5. The van der Waals surface area contributed by atoms with Gasteiger partial charge in [-0.3, -0.25) is 0 Å². The van der Waals surface area contributed by atoms with E-state index in [-0.39, 0.29) is 0 Å². The van der Waals surface area contributed by atoms with Gasteiger partial charge in [-0.05, 0) is 0 Å². The van der Waals surface area contributed by atoms with Crippen LogP contribution < -0.4 is 5.19 Å². The van der Waals surface area contributed by atoms with Gasteiger partial charge in [-0.2, -0.15) is 0 Å². The van der Waals surface area contributed by atoms with Crippen LogP contribution in [0.25, 0.3) is 56.0 Å². The SMILES string of the molecule is CCC1=Cc2c(-c3cccc4ccccc34)cccc2[CH]1[Zr]([CH]1C(CC)=Cc2c(-c3cccc4ccccc34)cccc21)[SiH](C)c1ccccc1. The molecule has 3 atom stereocenters. The van der Waals surface area contributed by atoms with Gasteiger partial charge in [0.05, 0.1) is 0 Å². The molecule has 0 N–H and O–H groups in total. The van der Waals surface area contributed by atoms with Crippen LogP contribution in [0.1, 0.15) is 56.2 Å². The van der Waals surface area contributed by atoms with E-state index in [1.165, 1.54) is 54.9 Å². The van der Waals surface area contributed by atoms with Gasteiger partial charge < -0.3 is 0 Å². The van der Waals surface area contributed by atoms with E-state index in [9.17, 15) is 0 Å². The van der Waals surface area contributed by atoms with E-state index in [1.54, 1.807) is 27.5 Å². The van der Waals surface area contributed by atoms with Crippen LogP contribution in [0.15, 0.2) is 163 Å². The molecule has 0 spiro atoms. The molecule has 9 rings (SSSR count). The Morgan fingerprint density at radius 1 is 0.451 bits per heavy atom. The molecule has 0 heterocycles. The number of hydrogen-bond acceptors (Lipinski definition) is 0. The quantitative estimate of drug-likeness (QED) is 0.136. The van der Waals surface area contributed by atoms with Gasteiger partial charge in [0, 0.05) is 0 Å². The van der Waals surface area contributed by atoms with Crippen LogP contribution >= 0.6 is 0 Å². The second-order valence-corrected chi connectivity index (χ2v) is 32.1. The summed E-state index contributed by atoms with van der Waals surface area (Å²) in [6.45, 7) is 7.55. The molecule has 0 saturated heterocycles. The summed E-state index contributed by atoms with van der Waals surface area (Å²) in [5.74, 6) is -1.35. The Bertz CT molecular complexity index is 2330. The Morgan fingerprint density at radius 3 is 1.35 bits per heavy atom. The van der Waals surface area contributed by atoms with Crippen molar-refractivity contribution < 1.29 is 20.9 Å². The molecule has 0 nitrogen and oxygen atoms in total. The standard InChI is InChI=1S/2C21H17.C7H9Si.Zr/c2*1-2-15-13-17-9-6-12-20(21(17)14-15)19-11-5-8-16-7-3-4-10-18(16)19;1-8-7-5-3-2-4-6-7;/h2*3-14H,2H2,1H3;2-6,8H,1H3;. The van der Waals surface area contributed by atoms with E-state index in [0.717, 1.165) is 12.8 Å². The van der Waals surface area contributed by atoms with Crippen LogP contribution in [-0.4, -0.2) is 5.92 Å². The molecule has 2 aliphatic carbocycles. The van der Waals surface area contributed by atoms with Gasteiger partial charge in [0.15, 0.2) is 0 Å². The Labute approximate surface area is 311 Å². The van der Waals surface area contributed by atoms with Gasteiger partial charge in [-0.1, -0.05) is 0 Å². The molecule has 0 fully saturated rings. The van der Waals surface area contributed by atoms with Crippen LogP contribution in [0.3, 0.4) is 0 Å².